The first-order valence-corrected chi connectivity index (χ1v) is 10.1. The second-order valence-electron chi connectivity index (χ2n) is 8.56. The lowest BCUT2D eigenvalue weighted by Gasteiger charge is -2.18. The third-order valence-corrected chi connectivity index (χ3v) is 5.09. The second-order valence-corrected chi connectivity index (χ2v) is 8.56. The van der Waals surface area contributed by atoms with Gasteiger partial charge in [-0.3, -0.25) is 4.68 Å². The molecule has 1 N–H and O–H groups in total. The number of aryl methyl sites for hydroxylation is 2. The lowest BCUT2D eigenvalue weighted by Crippen LogP contribution is -2.19. The summed E-state index contributed by atoms with van der Waals surface area (Å²) in [5.74, 6) is 1.32. The highest BCUT2D eigenvalue weighted by atomic mass is 16.5. The van der Waals surface area contributed by atoms with Crippen molar-refractivity contribution in [1.29, 1.82) is 5.26 Å². The third-order valence-electron chi connectivity index (χ3n) is 5.09. The molecule has 1 fully saturated rings. The highest BCUT2D eigenvalue weighted by molar-refractivity contribution is 5.66. The van der Waals surface area contributed by atoms with Gasteiger partial charge in [0.1, 0.15) is 12.4 Å². The van der Waals surface area contributed by atoms with Crippen LogP contribution in [-0.2, 0) is 0 Å². The van der Waals surface area contributed by atoms with Gasteiger partial charge in [0.05, 0.1) is 35.1 Å². The lowest BCUT2D eigenvalue weighted by atomic mass is 9.97. The van der Waals surface area contributed by atoms with Crippen molar-refractivity contribution in [3.63, 3.8) is 0 Å². The van der Waals surface area contributed by atoms with E-state index in [0.717, 1.165) is 33.8 Å². The van der Waals surface area contributed by atoms with E-state index in [-0.39, 0.29) is 0 Å². The van der Waals surface area contributed by atoms with Crippen molar-refractivity contribution in [1.82, 2.24) is 19.7 Å². The van der Waals surface area contributed by atoms with Gasteiger partial charge in [-0.15, -0.1) is 0 Å². The van der Waals surface area contributed by atoms with E-state index >= 15 is 0 Å². The molecule has 0 atom stereocenters. The highest BCUT2D eigenvalue weighted by Gasteiger charge is 2.24. The number of anilines is 2. The first kappa shape index (κ1) is 19.9. The zero-order valence-electron chi connectivity index (χ0n) is 17.8. The van der Waals surface area contributed by atoms with Crippen molar-refractivity contribution >= 4 is 11.6 Å². The molecular formula is C23H26N6O. The minimum Gasteiger partial charge on any atom is -0.492 e. The Bertz CT molecular complexity index is 1110. The van der Waals surface area contributed by atoms with Crippen molar-refractivity contribution in [3.8, 4) is 23.1 Å². The Morgan fingerprint density at radius 1 is 1.23 bits per heavy atom. The SMILES string of the molecule is Cc1cc(-c2nc(Nc3cnn(C4CC4)c3)ncc2C)ccc1OCC(C)(C)C#N. The number of ether oxygens (including phenoxy) is 1. The summed E-state index contributed by atoms with van der Waals surface area (Å²) in [6.07, 6.45) is 8.02. The number of nitriles is 1. The number of hydrogen-bond donors (Lipinski definition) is 1. The molecule has 0 unspecified atom stereocenters. The highest BCUT2D eigenvalue weighted by Crippen LogP contribution is 2.35. The lowest BCUT2D eigenvalue weighted by molar-refractivity contribution is 0.226. The van der Waals surface area contributed by atoms with Crippen LogP contribution in [0.5, 0.6) is 5.75 Å². The fourth-order valence-corrected chi connectivity index (χ4v) is 3.11. The van der Waals surface area contributed by atoms with E-state index in [1.54, 1.807) is 6.20 Å². The van der Waals surface area contributed by atoms with Gasteiger partial charge in [-0.05, 0) is 69.9 Å². The zero-order chi connectivity index (χ0) is 21.3. The van der Waals surface area contributed by atoms with Gasteiger partial charge in [0.2, 0.25) is 5.95 Å². The van der Waals surface area contributed by atoms with Crippen LogP contribution < -0.4 is 10.1 Å². The van der Waals surface area contributed by atoms with Crippen LogP contribution in [0.1, 0.15) is 43.9 Å². The van der Waals surface area contributed by atoms with E-state index in [2.05, 4.69) is 27.5 Å². The van der Waals surface area contributed by atoms with E-state index in [9.17, 15) is 5.26 Å². The van der Waals surface area contributed by atoms with Gasteiger partial charge in [0, 0.05) is 18.0 Å². The van der Waals surface area contributed by atoms with Crippen molar-refractivity contribution < 1.29 is 4.74 Å². The summed E-state index contributed by atoms with van der Waals surface area (Å²) in [4.78, 5) is 9.15. The number of benzene rings is 1. The Hall–Kier alpha value is -3.40. The van der Waals surface area contributed by atoms with E-state index in [1.165, 1.54) is 12.8 Å². The molecule has 2 aromatic heterocycles. The zero-order valence-corrected chi connectivity index (χ0v) is 17.8. The summed E-state index contributed by atoms with van der Waals surface area (Å²) >= 11 is 0. The molecule has 7 heteroatoms. The number of rotatable bonds is 7. The third kappa shape index (κ3) is 4.43. The number of nitrogens with one attached hydrogen (secondary N) is 1. The van der Waals surface area contributed by atoms with Gasteiger partial charge in [0.15, 0.2) is 0 Å². The number of nitrogens with zero attached hydrogens (tertiary/aromatic N) is 5. The first-order valence-electron chi connectivity index (χ1n) is 10.1. The summed E-state index contributed by atoms with van der Waals surface area (Å²) in [5, 5.41) is 16.8. The second kappa shape index (κ2) is 7.79. The van der Waals surface area contributed by atoms with E-state index < -0.39 is 5.41 Å². The van der Waals surface area contributed by atoms with E-state index in [4.69, 9.17) is 9.72 Å². The Morgan fingerprint density at radius 3 is 2.73 bits per heavy atom. The maximum absolute atomic E-state index is 9.17. The molecule has 4 rings (SSSR count). The fourth-order valence-electron chi connectivity index (χ4n) is 3.11. The Labute approximate surface area is 176 Å². The molecule has 30 heavy (non-hydrogen) atoms. The number of hydrogen-bond acceptors (Lipinski definition) is 6. The standard InChI is InChI=1S/C23H26N6O/c1-15-9-17(5-8-20(15)30-14-23(3,4)13-24)21-16(2)10-25-22(28-21)27-18-11-26-29(12-18)19-6-7-19/h5,8-12,19H,6-7,14H2,1-4H3,(H,25,27,28). The van der Waals surface area contributed by atoms with Gasteiger partial charge < -0.3 is 10.1 Å². The normalized spacial score (nSPS) is 13.7. The summed E-state index contributed by atoms with van der Waals surface area (Å²) in [6.45, 7) is 8.08. The molecule has 0 bridgehead atoms. The molecule has 1 aliphatic rings. The fraction of sp³-hybridized carbons (Fsp3) is 0.391. The van der Waals surface area contributed by atoms with Gasteiger partial charge in [-0.25, -0.2) is 9.97 Å². The monoisotopic (exact) mass is 402 g/mol. The van der Waals surface area contributed by atoms with Crippen LogP contribution in [-0.4, -0.2) is 26.4 Å². The number of aromatic nitrogens is 4. The molecule has 154 valence electrons. The minimum atomic E-state index is -0.526. The molecule has 3 aromatic rings. The molecule has 0 spiro atoms. The van der Waals surface area contributed by atoms with Crippen molar-refractivity contribution in [2.24, 2.45) is 5.41 Å². The van der Waals surface area contributed by atoms with Gasteiger partial charge >= 0.3 is 0 Å². The Morgan fingerprint density at radius 2 is 2.03 bits per heavy atom. The van der Waals surface area contributed by atoms with Crippen LogP contribution in [0.3, 0.4) is 0 Å². The van der Waals surface area contributed by atoms with Crippen LogP contribution >= 0.6 is 0 Å². The van der Waals surface area contributed by atoms with E-state index in [0.29, 0.717) is 18.6 Å². The molecular weight excluding hydrogens is 376 g/mol. The molecule has 0 aliphatic heterocycles. The summed E-state index contributed by atoms with van der Waals surface area (Å²) < 4.78 is 7.86. The van der Waals surface area contributed by atoms with Crippen LogP contribution in [0.2, 0.25) is 0 Å². The maximum atomic E-state index is 9.17. The predicted octanol–water partition coefficient (Wildman–Crippen LogP) is 4.96. The van der Waals surface area contributed by atoms with Crippen molar-refractivity contribution in [2.45, 2.75) is 46.6 Å². The van der Waals surface area contributed by atoms with E-state index in [1.807, 2.05) is 56.9 Å². The molecule has 0 radical (unpaired) electrons. The predicted molar refractivity (Wildman–Crippen MR) is 116 cm³/mol. The molecule has 0 amide bonds. The molecule has 2 heterocycles. The van der Waals surface area contributed by atoms with Gasteiger partial charge in [-0.2, -0.15) is 10.4 Å². The first-order chi connectivity index (χ1) is 14.3. The molecule has 1 saturated carbocycles. The average molecular weight is 403 g/mol. The van der Waals surface area contributed by atoms with Crippen LogP contribution in [0, 0.1) is 30.6 Å². The smallest absolute Gasteiger partial charge is 0.227 e. The van der Waals surface area contributed by atoms with Crippen LogP contribution in [0.15, 0.2) is 36.8 Å². The topological polar surface area (TPSA) is 88.7 Å². The maximum Gasteiger partial charge on any atom is 0.227 e. The van der Waals surface area contributed by atoms with Crippen LogP contribution in [0.4, 0.5) is 11.6 Å². The molecule has 0 saturated heterocycles. The Kier molecular flexibility index (Phi) is 5.17. The van der Waals surface area contributed by atoms with Crippen LogP contribution in [0.25, 0.3) is 11.3 Å². The Balaban J connectivity index is 1.53. The van der Waals surface area contributed by atoms with Gasteiger partial charge in [-0.1, -0.05) is 0 Å². The molecule has 1 aliphatic carbocycles. The van der Waals surface area contributed by atoms with Crippen molar-refractivity contribution in [2.75, 3.05) is 11.9 Å². The average Bonchev–Trinajstić information content (AvgIpc) is 3.48. The molecule has 7 nitrogen and oxygen atoms in total. The van der Waals surface area contributed by atoms with Crippen molar-refractivity contribution in [3.05, 3.63) is 47.9 Å². The summed E-state index contributed by atoms with van der Waals surface area (Å²) in [5.41, 5.74) is 4.22. The molecule has 1 aromatic carbocycles. The largest absolute Gasteiger partial charge is 0.492 e. The summed E-state index contributed by atoms with van der Waals surface area (Å²) in [7, 11) is 0. The van der Waals surface area contributed by atoms with Gasteiger partial charge in [0.25, 0.3) is 0 Å². The minimum absolute atomic E-state index is 0.346. The summed E-state index contributed by atoms with van der Waals surface area (Å²) in [6, 6.07) is 8.78. The quantitative estimate of drug-likeness (QED) is 0.600.